The van der Waals surface area contributed by atoms with Crippen LogP contribution in [-0.4, -0.2) is 29.3 Å². The van der Waals surface area contributed by atoms with E-state index >= 15 is 0 Å². The van der Waals surface area contributed by atoms with E-state index in [0.29, 0.717) is 22.6 Å². The van der Waals surface area contributed by atoms with Crippen molar-refractivity contribution < 1.29 is 14.6 Å². The van der Waals surface area contributed by atoms with Gasteiger partial charge in [0.1, 0.15) is 11.4 Å². The predicted octanol–water partition coefficient (Wildman–Crippen LogP) is 3.02. The van der Waals surface area contributed by atoms with Crippen molar-refractivity contribution in [2.45, 2.75) is 0 Å². The summed E-state index contributed by atoms with van der Waals surface area (Å²) in [5.41, 5.74) is 1.32. The third-order valence-corrected chi connectivity index (χ3v) is 3.32. The molecule has 3 aromatic rings. The van der Waals surface area contributed by atoms with Crippen LogP contribution in [0, 0.1) is 0 Å². The Kier molecular flexibility index (Phi) is 3.31. The SMILES string of the molecule is COc1cc2cnc(-c3ccncc3)c(O)c2cc1OC. The van der Waals surface area contributed by atoms with Gasteiger partial charge in [-0.1, -0.05) is 0 Å². The van der Waals surface area contributed by atoms with Gasteiger partial charge in [-0.05, 0) is 24.3 Å². The minimum absolute atomic E-state index is 0.111. The summed E-state index contributed by atoms with van der Waals surface area (Å²) >= 11 is 0. The lowest BCUT2D eigenvalue weighted by Gasteiger charge is -2.11. The molecule has 0 spiro atoms. The summed E-state index contributed by atoms with van der Waals surface area (Å²) in [6, 6.07) is 7.14. The molecule has 1 N–H and O–H groups in total. The minimum atomic E-state index is 0.111. The molecule has 0 saturated carbocycles. The van der Waals surface area contributed by atoms with Crippen molar-refractivity contribution in [2.75, 3.05) is 14.2 Å². The lowest BCUT2D eigenvalue weighted by atomic mass is 10.1. The summed E-state index contributed by atoms with van der Waals surface area (Å²) in [6.07, 6.45) is 5.03. The van der Waals surface area contributed by atoms with Crippen molar-refractivity contribution in [3.63, 3.8) is 0 Å². The first-order valence-corrected chi connectivity index (χ1v) is 6.38. The zero-order chi connectivity index (χ0) is 14.8. The fourth-order valence-electron chi connectivity index (χ4n) is 2.25. The summed E-state index contributed by atoms with van der Waals surface area (Å²) in [4.78, 5) is 8.30. The van der Waals surface area contributed by atoms with Crippen LogP contribution >= 0.6 is 0 Å². The summed E-state index contributed by atoms with van der Waals surface area (Å²) < 4.78 is 10.5. The van der Waals surface area contributed by atoms with Gasteiger partial charge in [-0.15, -0.1) is 0 Å². The molecule has 106 valence electrons. The average molecular weight is 282 g/mol. The zero-order valence-corrected chi connectivity index (χ0v) is 11.7. The number of nitrogens with zero attached hydrogens (tertiary/aromatic N) is 2. The number of pyridine rings is 2. The third kappa shape index (κ3) is 2.23. The van der Waals surface area contributed by atoms with Gasteiger partial charge in [0.25, 0.3) is 0 Å². The Labute approximate surface area is 121 Å². The number of rotatable bonds is 3. The smallest absolute Gasteiger partial charge is 0.161 e. The van der Waals surface area contributed by atoms with Gasteiger partial charge >= 0.3 is 0 Å². The Morgan fingerprint density at radius 1 is 1.00 bits per heavy atom. The quantitative estimate of drug-likeness (QED) is 0.800. The van der Waals surface area contributed by atoms with Gasteiger partial charge in [-0.3, -0.25) is 9.97 Å². The van der Waals surface area contributed by atoms with Crippen LogP contribution < -0.4 is 9.47 Å². The van der Waals surface area contributed by atoms with Crippen molar-refractivity contribution in [3.05, 3.63) is 42.9 Å². The van der Waals surface area contributed by atoms with Gasteiger partial charge in [0, 0.05) is 34.9 Å². The molecular formula is C16H14N2O3. The van der Waals surface area contributed by atoms with Crippen molar-refractivity contribution >= 4 is 10.8 Å². The molecule has 0 radical (unpaired) electrons. The molecule has 0 saturated heterocycles. The molecule has 2 aromatic heterocycles. The van der Waals surface area contributed by atoms with E-state index in [4.69, 9.17) is 9.47 Å². The summed E-state index contributed by atoms with van der Waals surface area (Å²) in [7, 11) is 3.13. The summed E-state index contributed by atoms with van der Waals surface area (Å²) in [5.74, 6) is 1.27. The molecule has 21 heavy (non-hydrogen) atoms. The lowest BCUT2D eigenvalue weighted by Crippen LogP contribution is -1.92. The highest BCUT2D eigenvalue weighted by Crippen LogP contribution is 2.39. The number of benzene rings is 1. The second-order valence-electron chi connectivity index (χ2n) is 4.49. The van der Waals surface area contributed by atoms with Crippen molar-refractivity contribution in [2.24, 2.45) is 0 Å². The molecule has 0 unspecified atom stereocenters. The Morgan fingerprint density at radius 2 is 1.67 bits per heavy atom. The molecule has 2 heterocycles. The van der Waals surface area contributed by atoms with E-state index in [1.165, 1.54) is 0 Å². The van der Waals surface area contributed by atoms with E-state index in [1.54, 1.807) is 57.1 Å². The molecule has 0 aliphatic heterocycles. The monoisotopic (exact) mass is 282 g/mol. The van der Waals surface area contributed by atoms with Crippen LogP contribution in [0.4, 0.5) is 0 Å². The number of ether oxygens (including phenoxy) is 2. The van der Waals surface area contributed by atoms with E-state index in [1.807, 2.05) is 0 Å². The third-order valence-electron chi connectivity index (χ3n) is 3.32. The molecule has 5 nitrogen and oxygen atoms in total. The average Bonchev–Trinajstić information content (AvgIpc) is 2.55. The molecule has 0 fully saturated rings. The van der Waals surface area contributed by atoms with Crippen LogP contribution in [0.3, 0.4) is 0 Å². The fraction of sp³-hybridized carbons (Fsp3) is 0.125. The summed E-state index contributed by atoms with van der Waals surface area (Å²) in [5, 5.41) is 11.9. The first-order chi connectivity index (χ1) is 10.2. The van der Waals surface area contributed by atoms with Crippen molar-refractivity contribution in [3.8, 4) is 28.5 Å². The van der Waals surface area contributed by atoms with Crippen LogP contribution in [0.15, 0.2) is 42.9 Å². The Morgan fingerprint density at radius 3 is 2.33 bits per heavy atom. The number of aromatic hydroxyl groups is 1. The summed E-state index contributed by atoms with van der Waals surface area (Å²) in [6.45, 7) is 0. The maximum absolute atomic E-state index is 10.5. The molecule has 1 aromatic carbocycles. The molecule has 3 rings (SSSR count). The number of hydrogen-bond donors (Lipinski definition) is 1. The number of fused-ring (bicyclic) bond motifs is 1. The van der Waals surface area contributed by atoms with Crippen molar-refractivity contribution in [1.29, 1.82) is 0 Å². The molecule has 0 amide bonds. The second kappa shape index (κ2) is 5.28. The van der Waals surface area contributed by atoms with Gasteiger partial charge in [-0.2, -0.15) is 0 Å². The highest BCUT2D eigenvalue weighted by atomic mass is 16.5. The minimum Gasteiger partial charge on any atom is -0.505 e. The highest BCUT2D eigenvalue weighted by molar-refractivity contribution is 5.94. The fourth-order valence-corrected chi connectivity index (χ4v) is 2.25. The molecule has 0 aliphatic rings. The van der Waals surface area contributed by atoms with E-state index in [2.05, 4.69) is 9.97 Å². The zero-order valence-electron chi connectivity index (χ0n) is 11.7. The van der Waals surface area contributed by atoms with Gasteiger partial charge in [0.05, 0.1) is 14.2 Å². The second-order valence-corrected chi connectivity index (χ2v) is 4.49. The van der Waals surface area contributed by atoms with Gasteiger partial charge in [-0.25, -0.2) is 0 Å². The topological polar surface area (TPSA) is 64.5 Å². The predicted molar refractivity (Wildman–Crippen MR) is 79.7 cm³/mol. The molecule has 0 bridgehead atoms. The first kappa shape index (κ1) is 13.2. The Balaban J connectivity index is 2.25. The maximum Gasteiger partial charge on any atom is 0.161 e. The normalized spacial score (nSPS) is 10.6. The standard InChI is InChI=1S/C16H14N2O3/c1-20-13-7-11-9-18-15(10-3-5-17-6-4-10)16(19)12(11)8-14(13)21-2/h3-9,19H,1-2H3. The molecular weight excluding hydrogens is 268 g/mol. The van der Waals surface area contributed by atoms with Crippen molar-refractivity contribution in [1.82, 2.24) is 9.97 Å². The van der Waals surface area contributed by atoms with Gasteiger partial charge < -0.3 is 14.6 Å². The maximum atomic E-state index is 10.5. The molecule has 0 atom stereocenters. The first-order valence-electron chi connectivity index (χ1n) is 6.38. The van der Waals surface area contributed by atoms with Crippen LogP contribution in [0.25, 0.3) is 22.0 Å². The number of hydrogen-bond acceptors (Lipinski definition) is 5. The van der Waals surface area contributed by atoms with E-state index < -0.39 is 0 Å². The van der Waals surface area contributed by atoms with Crippen LogP contribution in [0.2, 0.25) is 0 Å². The van der Waals surface area contributed by atoms with E-state index in [-0.39, 0.29) is 5.75 Å². The van der Waals surface area contributed by atoms with Gasteiger partial charge in [0.15, 0.2) is 11.5 Å². The van der Waals surface area contributed by atoms with E-state index in [0.717, 1.165) is 10.9 Å². The van der Waals surface area contributed by atoms with E-state index in [9.17, 15) is 5.11 Å². The Hall–Kier alpha value is -2.82. The molecule has 5 heteroatoms. The number of aromatic nitrogens is 2. The molecule has 0 aliphatic carbocycles. The lowest BCUT2D eigenvalue weighted by molar-refractivity contribution is 0.355. The number of methoxy groups -OCH3 is 2. The largest absolute Gasteiger partial charge is 0.505 e. The van der Waals surface area contributed by atoms with Gasteiger partial charge in [0.2, 0.25) is 0 Å². The van der Waals surface area contributed by atoms with Crippen LogP contribution in [0.5, 0.6) is 17.2 Å². The highest BCUT2D eigenvalue weighted by Gasteiger charge is 2.13. The van der Waals surface area contributed by atoms with Crippen LogP contribution in [0.1, 0.15) is 0 Å². The Bertz CT molecular complexity index is 788. The van der Waals surface area contributed by atoms with Crippen LogP contribution in [-0.2, 0) is 0 Å².